The van der Waals surface area contributed by atoms with Crippen LogP contribution in [0.15, 0.2) is 42.6 Å². The lowest BCUT2D eigenvalue weighted by atomic mass is 10.1. The second kappa shape index (κ2) is 7.45. The van der Waals surface area contributed by atoms with Gasteiger partial charge in [0.2, 0.25) is 5.91 Å². The standard InChI is InChI=1S/C19H22N2O3/c1-14-10-16(6-7-20-14)18-13-21(8-9-24-18)19(22)12-15-4-3-5-17(11-15)23-2/h3-7,10-11,18H,8-9,12-13H2,1-2H3. The lowest BCUT2D eigenvalue weighted by Gasteiger charge is -2.33. The predicted molar refractivity (Wildman–Crippen MR) is 90.9 cm³/mol. The quantitative estimate of drug-likeness (QED) is 0.866. The number of benzene rings is 1. The number of rotatable bonds is 4. The molecule has 0 aliphatic carbocycles. The van der Waals surface area contributed by atoms with Gasteiger partial charge in [0, 0.05) is 18.4 Å². The van der Waals surface area contributed by atoms with E-state index >= 15 is 0 Å². The van der Waals surface area contributed by atoms with E-state index in [1.807, 2.05) is 48.2 Å². The zero-order chi connectivity index (χ0) is 16.9. The Morgan fingerprint density at radius 1 is 1.38 bits per heavy atom. The van der Waals surface area contributed by atoms with E-state index in [2.05, 4.69) is 4.98 Å². The Balaban J connectivity index is 1.66. The van der Waals surface area contributed by atoms with Crippen LogP contribution in [-0.4, -0.2) is 42.6 Å². The van der Waals surface area contributed by atoms with Gasteiger partial charge in [-0.05, 0) is 42.3 Å². The number of aryl methyl sites for hydroxylation is 1. The summed E-state index contributed by atoms with van der Waals surface area (Å²) in [5, 5.41) is 0. The van der Waals surface area contributed by atoms with Gasteiger partial charge in [-0.2, -0.15) is 0 Å². The highest BCUT2D eigenvalue weighted by Gasteiger charge is 2.25. The number of hydrogen-bond donors (Lipinski definition) is 0. The Morgan fingerprint density at radius 3 is 3.04 bits per heavy atom. The second-order valence-corrected chi connectivity index (χ2v) is 5.96. The number of hydrogen-bond acceptors (Lipinski definition) is 4. The Morgan fingerprint density at radius 2 is 2.25 bits per heavy atom. The molecule has 3 rings (SSSR count). The summed E-state index contributed by atoms with van der Waals surface area (Å²) in [6.45, 7) is 3.71. The number of aromatic nitrogens is 1. The molecule has 1 aliphatic heterocycles. The summed E-state index contributed by atoms with van der Waals surface area (Å²) >= 11 is 0. The molecule has 126 valence electrons. The minimum absolute atomic E-state index is 0.0882. The Kier molecular flexibility index (Phi) is 5.11. The molecule has 0 saturated carbocycles. The molecule has 0 spiro atoms. The molecular formula is C19H22N2O3. The van der Waals surface area contributed by atoms with Gasteiger partial charge in [-0.15, -0.1) is 0 Å². The molecule has 0 radical (unpaired) electrons. The molecule has 1 amide bonds. The number of methoxy groups -OCH3 is 1. The summed E-state index contributed by atoms with van der Waals surface area (Å²) in [7, 11) is 1.63. The summed E-state index contributed by atoms with van der Waals surface area (Å²) < 4.78 is 11.1. The van der Waals surface area contributed by atoms with Crippen LogP contribution >= 0.6 is 0 Å². The number of amides is 1. The van der Waals surface area contributed by atoms with E-state index in [4.69, 9.17) is 9.47 Å². The summed E-state index contributed by atoms with van der Waals surface area (Å²) in [6, 6.07) is 11.6. The van der Waals surface area contributed by atoms with E-state index < -0.39 is 0 Å². The smallest absolute Gasteiger partial charge is 0.227 e. The largest absolute Gasteiger partial charge is 0.497 e. The van der Waals surface area contributed by atoms with Crippen LogP contribution in [0.3, 0.4) is 0 Å². The molecule has 1 aromatic heterocycles. The Bertz CT molecular complexity index is 717. The molecular weight excluding hydrogens is 304 g/mol. The lowest BCUT2D eigenvalue weighted by molar-refractivity contribution is -0.138. The van der Waals surface area contributed by atoms with Crippen molar-refractivity contribution in [2.24, 2.45) is 0 Å². The second-order valence-electron chi connectivity index (χ2n) is 5.96. The van der Waals surface area contributed by atoms with Crippen LogP contribution in [0, 0.1) is 6.92 Å². The van der Waals surface area contributed by atoms with Crippen molar-refractivity contribution >= 4 is 5.91 Å². The van der Waals surface area contributed by atoms with Gasteiger partial charge in [0.25, 0.3) is 0 Å². The van der Waals surface area contributed by atoms with Gasteiger partial charge in [0.1, 0.15) is 11.9 Å². The van der Waals surface area contributed by atoms with Crippen molar-refractivity contribution in [1.82, 2.24) is 9.88 Å². The van der Waals surface area contributed by atoms with Crippen molar-refractivity contribution in [3.8, 4) is 5.75 Å². The molecule has 5 nitrogen and oxygen atoms in total. The third-order valence-corrected chi connectivity index (χ3v) is 4.20. The highest BCUT2D eigenvalue weighted by molar-refractivity contribution is 5.79. The molecule has 1 aliphatic rings. The molecule has 1 fully saturated rings. The summed E-state index contributed by atoms with van der Waals surface area (Å²) in [4.78, 5) is 18.7. The van der Waals surface area contributed by atoms with Gasteiger partial charge >= 0.3 is 0 Å². The van der Waals surface area contributed by atoms with Crippen LogP contribution in [0.4, 0.5) is 0 Å². The molecule has 0 N–H and O–H groups in total. The van der Waals surface area contributed by atoms with Gasteiger partial charge in [0.15, 0.2) is 0 Å². The van der Waals surface area contributed by atoms with E-state index in [1.165, 1.54) is 0 Å². The van der Waals surface area contributed by atoms with Gasteiger partial charge in [-0.1, -0.05) is 12.1 Å². The summed E-state index contributed by atoms with van der Waals surface area (Å²) in [6.07, 6.45) is 2.07. The van der Waals surface area contributed by atoms with E-state index in [0.29, 0.717) is 26.1 Å². The number of carbonyl (C=O) groups excluding carboxylic acids is 1. The Hall–Kier alpha value is -2.40. The van der Waals surface area contributed by atoms with Crippen LogP contribution in [0.5, 0.6) is 5.75 Å². The van der Waals surface area contributed by atoms with Gasteiger partial charge in [0.05, 0.1) is 26.7 Å². The fourth-order valence-corrected chi connectivity index (χ4v) is 2.91. The fourth-order valence-electron chi connectivity index (χ4n) is 2.91. The SMILES string of the molecule is COc1cccc(CC(=O)N2CCOC(c3ccnc(C)c3)C2)c1. The fraction of sp³-hybridized carbons (Fsp3) is 0.368. The number of pyridine rings is 1. The van der Waals surface area contributed by atoms with Crippen molar-refractivity contribution in [3.05, 3.63) is 59.4 Å². The first-order valence-electron chi connectivity index (χ1n) is 8.10. The van der Waals surface area contributed by atoms with Crippen molar-refractivity contribution in [3.63, 3.8) is 0 Å². The van der Waals surface area contributed by atoms with E-state index in [9.17, 15) is 4.79 Å². The van der Waals surface area contributed by atoms with E-state index in [0.717, 1.165) is 22.6 Å². The number of carbonyl (C=O) groups is 1. The number of morpholine rings is 1. The molecule has 1 unspecified atom stereocenters. The molecule has 5 heteroatoms. The van der Waals surface area contributed by atoms with Crippen molar-refractivity contribution in [1.29, 1.82) is 0 Å². The average Bonchev–Trinajstić information content (AvgIpc) is 2.62. The van der Waals surface area contributed by atoms with Gasteiger partial charge < -0.3 is 14.4 Å². The summed E-state index contributed by atoms with van der Waals surface area (Å²) in [5.74, 6) is 0.884. The maximum atomic E-state index is 12.6. The molecule has 2 aromatic rings. The monoisotopic (exact) mass is 326 g/mol. The lowest BCUT2D eigenvalue weighted by Crippen LogP contribution is -2.43. The minimum Gasteiger partial charge on any atom is -0.497 e. The first-order chi connectivity index (χ1) is 11.7. The third-order valence-electron chi connectivity index (χ3n) is 4.20. The maximum Gasteiger partial charge on any atom is 0.227 e. The number of nitrogens with zero attached hydrogens (tertiary/aromatic N) is 2. The van der Waals surface area contributed by atoms with Crippen LogP contribution in [0.25, 0.3) is 0 Å². The van der Waals surface area contributed by atoms with Crippen LogP contribution in [-0.2, 0) is 16.0 Å². The molecule has 1 aromatic carbocycles. The average molecular weight is 326 g/mol. The highest BCUT2D eigenvalue weighted by atomic mass is 16.5. The third kappa shape index (κ3) is 3.92. The molecule has 1 saturated heterocycles. The number of ether oxygens (including phenoxy) is 2. The van der Waals surface area contributed by atoms with E-state index in [-0.39, 0.29) is 12.0 Å². The van der Waals surface area contributed by atoms with Crippen molar-refractivity contribution < 1.29 is 14.3 Å². The van der Waals surface area contributed by atoms with Gasteiger partial charge in [-0.3, -0.25) is 9.78 Å². The van der Waals surface area contributed by atoms with Crippen LogP contribution in [0.1, 0.15) is 22.9 Å². The maximum absolute atomic E-state index is 12.6. The van der Waals surface area contributed by atoms with Crippen LogP contribution in [0.2, 0.25) is 0 Å². The first kappa shape index (κ1) is 16.5. The normalized spacial score (nSPS) is 17.6. The molecule has 1 atom stereocenters. The first-order valence-corrected chi connectivity index (χ1v) is 8.10. The molecule has 24 heavy (non-hydrogen) atoms. The predicted octanol–water partition coefficient (Wildman–Crippen LogP) is 2.54. The highest BCUT2D eigenvalue weighted by Crippen LogP contribution is 2.23. The van der Waals surface area contributed by atoms with E-state index in [1.54, 1.807) is 13.3 Å². The summed E-state index contributed by atoms with van der Waals surface area (Å²) in [5.41, 5.74) is 2.99. The van der Waals surface area contributed by atoms with Gasteiger partial charge in [-0.25, -0.2) is 0 Å². The Labute approximate surface area is 142 Å². The molecule has 2 heterocycles. The zero-order valence-electron chi connectivity index (χ0n) is 14.1. The van der Waals surface area contributed by atoms with Crippen LogP contribution < -0.4 is 4.74 Å². The van der Waals surface area contributed by atoms with Crippen molar-refractivity contribution in [2.75, 3.05) is 26.8 Å². The topological polar surface area (TPSA) is 51.7 Å². The molecule has 0 bridgehead atoms. The minimum atomic E-state index is -0.0882. The van der Waals surface area contributed by atoms with Crippen molar-refractivity contribution in [2.45, 2.75) is 19.4 Å². The zero-order valence-corrected chi connectivity index (χ0v) is 14.1.